The van der Waals surface area contributed by atoms with Gasteiger partial charge >= 0.3 is 0 Å². The molecular formula is C45H48F2N8O6. The van der Waals surface area contributed by atoms with Crippen molar-refractivity contribution < 1.29 is 37.1 Å². The molecular weight excluding hydrogens is 787 g/mol. The molecule has 2 aliphatic carbocycles. The van der Waals surface area contributed by atoms with Crippen molar-refractivity contribution in [2.45, 2.75) is 76.7 Å². The van der Waals surface area contributed by atoms with Crippen molar-refractivity contribution in [3.8, 4) is 23.0 Å². The molecule has 318 valence electrons. The number of Topliss-reactive ketones (excluding diaryl/α,β-unsaturated/α-hetero) is 1. The number of pyridine rings is 1. The number of hydrogen-bond donors (Lipinski definition) is 3. The van der Waals surface area contributed by atoms with Crippen LogP contribution < -0.4 is 20.7 Å². The maximum absolute atomic E-state index is 14.1. The lowest BCUT2D eigenvalue weighted by Gasteiger charge is -2.31. The predicted molar refractivity (Wildman–Crippen MR) is 222 cm³/mol. The minimum atomic E-state index is -2.87. The van der Waals surface area contributed by atoms with Gasteiger partial charge in [0.25, 0.3) is 29.9 Å². The number of ether oxygens (including phenoxy) is 1. The quantitative estimate of drug-likeness (QED) is 0.0441. The van der Waals surface area contributed by atoms with Crippen molar-refractivity contribution in [1.29, 1.82) is 0 Å². The number of rotatable bonds is 18. The van der Waals surface area contributed by atoms with Crippen LogP contribution in [0, 0.1) is 11.8 Å². The Bertz CT molecular complexity index is 2400. The van der Waals surface area contributed by atoms with E-state index in [-0.39, 0.29) is 40.2 Å². The zero-order valence-corrected chi connectivity index (χ0v) is 33.9. The number of alkyl halides is 2. The first-order valence-corrected chi connectivity index (χ1v) is 20.9. The Morgan fingerprint density at radius 2 is 1.75 bits per heavy atom. The van der Waals surface area contributed by atoms with E-state index in [9.17, 15) is 28.0 Å². The van der Waals surface area contributed by atoms with Gasteiger partial charge in [0.1, 0.15) is 23.6 Å². The summed E-state index contributed by atoms with van der Waals surface area (Å²) in [6, 6.07) is 15.7. The van der Waals surface area contributed by atoms with Crippen molar-refractivity contribution in [2.75, 3.05) is 37.3 Å². The molecule has 3 N–H and O–H groups in total. The number of hydrogen-bond acceptors (Lipinski definition) is 11. The molecule has 3 amide bonds. The molecule has 0 bridgehead atoms. The number of carbonyl (C=O) groups is 4. The second kappa shape index (κ2) is 18.5. The summed E-state index contributed by atoms with van der Waals surface area (Å²) < 4.78 is 41.6. The van der Waals surface area contributed by atoms with Crippen LogP contribution in [0.4, 0.5) is 20.3 Å². The maximum atomic E-state index is 14.1. The molecule has 3 aromatic heterocycles. The van der Waals surface area contributed by atoms with Gasteiger partial charge in [-0.1, -0.05) is 30.7 Å². The zero-order chi connectivity index (χ0) is 42.5. The highest BCUT2D eigenvalue weighted by Gasteiger charge is 2.33. The summed E-state index contributed by atoms with van der Waals surface area (Å²) in [5.41, 5.74) is 1.16. The zero-order valence-electron chi connectivity index (χ0n) is 33.9. The van der Waals surface area contributed by atoms with Gasteiger partial charge in [0, 0.05) is 36.6 Å². The Labute approximate surface area is 351 Å². The smallest absolute Gasteiger partial charge is 0.299 e. The van der Waals surface area contributed by atoms with Crippen LogP contribution in [0.2, 0.25) is 0 Å². The third-order valence-corrected chi connectivity index (χ3v) is 11.6. The first-order valence-electron chi connectivity index (χ1n) is 20.9. The van der Waals surface area contributed by atoms with Gasteiger partial charge in [-0.25, -0.2) is 18.7 Å². The Morgan fingerprint density at radius 1 is 0.967 bits per heavy atom. The first-order chi connectivity index (χ1) is 29.6. The Kier molecular flexibility index (Phi) is 12.6. The third kappa shape index (κ3) is 10.0. The van der Waals surface area contributed by atoms with Crippen molar-refractivity contribution in [3.63, 3.8) is 0 Å². The fourth-order valence-electron chi connectivity index (χ4n) is 8.09. The van der Waals surface area contributed by atoms with Gasteiger partial charge in [-0.05, 0) is 119 Å². The number of amides is 3. The number of benzene rings is 2. The number of imide groups is 1. The Morgan fingerprint density at radius 3 is 2.56 bits per heavy atom. The number of fused-ring (bicyclic) bond motifs is 1. The van der Waals surface area contributed by atoms with Gasteiger partial charge in [0.15, 0.2) is 11.4 Å². The molecule has 5 aromatic rings. The standard InChI is InChI=1S/C45H48F2N8O6/c1-54(21-6-2-3-8-29-9-4-5-11-35(29)61-36-12-7-10-32-38(36)43(58)52-44(59)40(32)56)24-28-15-17-31(18-16-28)55-25-33(39(53-55)41(46)47)50-42(57)34-26-60-45(51-34)30-19-20-48-37(22-30)49-23-27-13-14-27/h4-5,7,9-12,19-20,22,25-28,31,41H,2-3,6,8,13-18,21,23-24H2,1H3,(H,48,49)(H,50,57)(H,52,58,59)/t28-,31-. The minimum absolute atomic E-state index is 0.0330. The fraction of sp³-hybridized carbons (Fsp3) is 0.400. The lowest BCUT2D eigenvalue weighted by molar-refractivity contribution is -0.116. The van der Waals surface area contributed by atoms with E-state index < -0.39 is 35.6 Å². The number of nitrogens with zero attached hydrogens (tertiary/aromatic N) is 5. The SMILES string of the molecule is CN(CCCCCc1ccccc1Oc1cccc2c1C(=O)NC(=O)C2=O)C[C@H]1CC[C@H](n2cc(NC(=O)c3coc(-c4ccnc(NCC5CC5)c4)n3)c(C(F)F)n2)CC1. The topological polar surface area (TPSA) is 174 Å². The molecule has 0 saturated heterocycles. The van der Waals surface area contributed by atoms with Gasteiger partial charge in [-0.15, -0.1) is 0 Å². The van der Waals surface area contributed by atoms with Crippen molar-refractivity contribution in [1.82, 2.24) is 30.0 Å². The van der Waals surface area contributed by atoms with Gasteiger partial charge in [-0.2, -0.15) is 5.10 Å². The minimum Gasteiger partial charge on any atom is -0.456 e. The molecule has 0 radical (unpaired) electrons. The highest BCUT2D eigenvalue weighted by atomic mass is 19.3. The van der Waals surface area contributed by atoms with Gasteiger partial charge < -0.3 is 24.7 Å². The third-order valence-electron chi connectivity index (χ3n) is 11.6. The summed E-state index contributed by atoms with van der Waals surface area (Å²) in [7, 11) is 2.13. The van der Waals surface area contributed by atoms with E-state index in [1.165, 1.54) is 31.4 Å². The van der Waals surface area contributed by atoms with Crippen LogP contribution >= 0.6 is 0 Å². The second-order valence-electron chi connectivity index (χ2n) is 16.2. The van der Waals surface area contributed by atoms with E-state index in [4.69, 9.17) is 9.15 Å². The predicted octanol–water partition coefficient (Wildman–Crippen LogP) is 8.27. The summed E-state index contributed by atoms with van der Waals surface area (Å²) in [6.07, 6.45) is 11.0. The van der Waals surface area contributed by atoms with Crippen LogP contribution in [-0.4, -0.2) is 74.8 Å². The maximum Gasteiger partial charge on any atom is 0.299 e. The summed E-state index contributed by atoms with van der Waals surface area (Å²) in [5, 5.41) is 12.2. The summed E-state index contributed by atoms with van der Waals surface area (Å²) in [4.78, 5) is 60.9. The molecule has 0 spiro atoms. The first kappa shape index (κ1) is 41.4. The van der Waals surface area contributed by atoms with E-state index in [0.29, 0.717) is 29.0 Å². The highest BCUT2D eigenvalue weighted by molar-refractivity contribution is 6.49. The van der Waals surface area contributed by atoms with Crippen LogP contribution in [0.25, 0.3) is 11.5 Å². The largest absolute Gasteiger partial charge is 0.456 e. The average Bonchev–Trinajstić information content (AvgIpc) is 3.77. The van der Waals surface area contributed by atoms with Crippen LogP contribution in [-0.2, 0) is 11.2 Å². The lowest BCUT2D eigenvalue weighted by atomic mass is 9.86. The summed E-state index contributed by atoms with van der Waals surface area (Å²) in [5.74, 6) is -0.171. The van der Waals surface area contributed by atoms with Crippen molar-refractivity contribution in [2.24, 2.45) is 11.8 Å². The highest BCUT2D eigenvalue weighted by Crippen LogP contribution is 2.36. The number of oxazole rings is 1. The number of aryl methyl sites for hydroxylation is 1. The van der Waals surface area contributed by atoms with Crippen LogP contribution in [0.5, 0.6) is 11.5 Å². The normalized spacial score (nSPS) is 17.7. The van der Waals surface area contributed by atoms with E-state index >= 15 is 0 Å². The van der Waals surface area contributed by atoms with E-state index in [1.54, 1.807) is 35.1 Å². The number of anilines is 2. The van der Waals surface area contributed by atoms with Crippen LogP contribution in [0.1, 0.15) is 113 Å². The van der Waals surface area contributed by atoms with E-state index in [0.717, 1.165) is 76.6 Å². The Hall–Kier alpha value is -6.29. The molecule has 0 unspecified atom stereocenters. The molecule has 16 heteroatoms. The second-order valence-corrected chi connectivity index (χ2v) is 16.2. The molecule has 2 saturated carbocycles. The fourth-order valence-corrected chi connectivity index (χ4v) is 8.09. The molecule has 2 aromatic carbocycles. The van der Waals surface area contributed by atoms with Gasteiger partial charge in [-0.3, -0.25) is 29.2 Å². The molecule has 3 aliphatic rings. The summed E-state index contributed by atoms with van der Waals surface area (Å²) in [6.45, 7) is 2.72. The van der Waals surface area contributed by atoms with Crippen molar-refractivity contribution >= 4 is 35.0 Å². The number of unbranched alkanes of at least 4 members (excludes halogenated alkanes) is 2. The number of halogens is 2. The molecule has 1 aliphatic heterocycles. The molecule has 2 fully saturated rings. The number of carbonyl (C=O) groups excluding carboxylic acids is 4. The number of para-hydroxylation sites is 1. The summed E-state index contributed by atoms with van der Waals surface area (Å²) >= 11 is 0. The molecule has 61 heavy (non-hydrogen) atoms. The molecule has 4 heterocycles. The lowest BCUT2D eigenvalue weighted by Crippen LogP contribution is -2.42. The van der Waals surface area contributed by atoms with E-state index in [1.807, 2.05) is 24.3 Å². The number of aromatic nitrogens is 4. The molecule has 14 nitrogen and oxygen atoms in total. The number of nitrogens with one attached hydrogen (secondary N) is 3. The van der Waals surface area contributed by atoms with Gasteiger partial charge in [0.2, 0.25) is 5.89 Å². The Balaban J connectivity index is 0.777. The number of ketones is 1. The monoisotopic (exact) mass is 834 g/mol. The molecule has 8 rings (SSSR count). The average molecular weight is 835 g/mol. The van der Waals surface area contributed by atoms with Crippen LogP contribution in [0.3, 0.4) is 0 Å². The van der Waals surface area contributed by atoms with Crippen molar-refractivity contribution in [3.05, 3.63) is 101 Å². The van der Waals surface area contributed by atoms with Gasteiger partial charge in [0.05, 0.1) is 17.3 Å². The van der Waals surface area contributed by atoms with Crippen LogP contribution in [0.15, 0.2) is 77.7 Å². The van der Waals surface area contributed by atoms with E-state index in [2.05, 4.69) is 43.0 Å². The molecule has 0 atom stereocenters.